The van der Waals surface area contributed by atoms with E-state index in [0.717, 1.165) is 27.8 Å². The Morgan fingerprint density at radius 2 is 1.85 bits per heavy atom. The van der Waals surface area contributed by atoms with Crippen LogP contribution in [0.5, 0.6) is 0 Å². The van der Waals surface area contributed by atoms with Crippen molar-refractivity contribution in [2.24, 2.45) is 0 Å². The van der Waals surface area contributed by atoms with Crippen molar-refractivity contribution in [2.45, 2.75) is 19.9 Å². The van der Waals surface area contributed by atoms with Crippen LogP contribution < -0.4 is 9.62 Å². The van der Waals surface area contributed by atoms with Gasteiger partial charge in [-0.2, -0.15) is 0 Å². The zero-order valence-electron chi connectivity index (χ0n) is 15.2. The first-order chi connectivity index (χ1) is 12.6. The van der Waals surface area contributed by atoms with Gasteiger partial charge in [0.25, 0.3) is 5.69 Å². The highest BCUT2D eigenvalue weighted by Gasteiger charge is 2.23. The van der Waals surface area contributed by atoms with E-state index in [1.165, 1.54) is 18.2 Å². The van der Waals surface area contributed by atoms with Crippen LogP contribution in [0.4, 0.5) is 11.4 Å². The van der Waals surface area contributed by atoms with Crippen molar-refractivity contribution < 1.29 is 18.1 Å². The minimum atomic E-state index is -3.81. The fraction of sp³-hybridized carbons (Fsp3) is 0.278. The third-order valence-electron chi connectivity index (χ3n) is 3.97. The SMILES string of the molecule is Cc1ccc([C@@H](C)NC(=O)CN(c2cccc([N+](=O)[O-])c2)S(C)(=O)=O)cc1. The van der Waals surface area contributed by atoms with E-state index in [1.807, 2.05) is 31.2 Å². The summed E-state index contributed by atoms with van der Waals surface area (Å²) in [5, 5.41) is 13.7. The van der Waals surface area contributed by atoms with E-state index in [-0.39, 0.29) is 17.4 Å². The molecule has 0 unspecified atom stereocenters. The number of sulfonamides is 1. The Bertz CT molecular complexity index is 942. The normalized spacial score (nSPS) is 12.3. The van der Waals surface area contributed by atoms with Gasteiger partial charge < -0.3 is 5.32 Å². The van der Waals surface area contributed by atoms with Gasteiger partial charge in [0.2, 0.25) is 15.9 Å². The van der Waals surface area contributed by atoms with E-state index in [4.69, 9.17) is 0 Å². The summed E-state index contributed by atoms with van der Waals surface area (Å²) >= 11 is 0. The molecule has 0 saturated carbocycles. The molecule has 2 aromatic carbocycles. The van der Waals surface area contributed by atoms with Gasteiger partial charge in [0.05, 0.1) is 22.9 Å². The van der Waals surface area contributed by atoms with Crippen LogP contribution in [0, 0.1) is 17.0 Å². The van der Waals surface area contributed by atoms with Gasteiger partial charge in [0, 0.05) is 12.1 Å². The summed E-state index contributed by atoms with van der Waals surface area (Å²) in [6.07, 6.45) is 0.947. The summed E-state index contributed by atoms with van der Waals surface area (Å²) < 4.78 is 25.1. The van der Waals surface area contributed by atoms with Crippen LogP contribution in [0.3, 0.4) is 0 Å². The molecule has 144 valence electrons. The molecule has 2 rings (SSSR count). The van der Waals surface area contributed by atoms with Gasteiger partial charge in [-0.3, -0.25) is 19.2 Å². The molecule has 0 fully saturated rings. The predicted octanol–water partition coefficient (Wildman–Crippen LogP) is 2.55. The molecule has 0 radical (unpaired) electrons. The number of benzene rings is 2. The lowest BCUT2D eigenvalue weighted by atomic mass is 10.1. The Morgan fingerprint density at radius 3 is 2.41 bits per heavy atom. The molecule has 0 saturated heterocycles. The molecule has 1 atom stereocenters. The van der Waals surface area contributed by atoms with Crippen molar-refractivity contribution in [3.05, 3.63) is 69.8 Å². The van der Waals surface area contributed by atoms with Crippen LogP contribution in [0.1, 0.15) is 24.1 Å². The largest absolute Gasteiger partial charge is 0.348 e. The van der Waals surface area contributed by atoms with Crippen LogP contribution in [0.15, 0.2) is 48.5 Å². The molecule has 2 aromatic rings. The summed E-state index contributed by atoms with van der Waals surface area (Å²) in [7, 11) is -3.81. The lowest BCUT2D eigenvalue weighted by Gasteiger charge is -2.23. The Kier molecular flexibility index (Phi) is 6.17. The number of amides is 1. The molecule has 9 heteroatoms. The molecule has 0 bridgehead atoms. The van der Waals surface area contributed by atoms with Crippen LogP contribution in [-0.2, 0) is 14.8 Å². The van der Waals surface area contributed by atoms with Gasteiger partial charge in [-0.15, -0.1) is 0 Å². The number of nitrogens with one attached hydrogen (secondary N) is 1. The van der Waals surface area contributed by atoms with Gasteiger partial charge >= 0.3 is 0 Å². The number of nitro benzene ring substituents is 1. The quantitative estimate of drug-likeness (QED) is 0.576. The Balaban J connectivity index is 2.19. The Labute approximate surface area is 158 Å². The molecule has 0 aromatic heterocycles. The lowest BCUT2D eigenvalue weighted by molar-refractivity contribution is -0.384. The monoisotopic (exact) mass is 391 g/mol. The molecule has 27 heavy (non-hydrogen) atoms. The van der Waals surface area contributed by atoms with Crippen molar-refractivity contribution in [2.75, 3.05) is 17.1 Å². The van der Waals surface area contributed by atoms with Crippen molar-refractivity contribution in [1.29, 1.82) is 0 Å². The molecule has 0 aliphatic heterocycles. The first-order valence-corrected chi connectivity index (χ1v) is 10.0. The van der Waals surface area contributed by atoms with Crippen molar-refractivity contribution in [3.63, 3.8) is 0 Å². The zero-order valence-corrected chi connectivity index (χ0v) is 16.1. The number of anilines is 1. The fourth-order valence-electron chi connectivity index (χ4n) is 2.52. The van der Waals surface area contributed by atoms with Gasteiger partial charge in [-0.05, 0) is 25.5 Å². The molecule has 1 amide bonds. The maximum Gasteiger partial charge on any atom is 0.271 e. The van der Waals surface area contributed by atoms with Gasteiger partial charge in [-0.1, -0.05) is 35.9 Å². The number of rotatable bonds is 7. The first kappa shape index (κ1) is 20.4. The smallest absolute Gasteiger partial charge is 0.271 e. The van der Waals surface area contributed by atoms with E-state index >= 15 is 0 Å². The first-order valence-electron chi connectivity index (χ1n) is 8.16. The number of hydrogen-bond donors (Lipinski definition) is 1. The number of nitro groups is 1. The van der Waals surface area contributed by atoms with Crippen LogP contribution in [0.25, 0.3) is 0 Å². The van der Waals surface area contributed by atoms with Gasteiger partial charge in [0.15, 0.2) is 0 Å². The van der Waals surface area contributed by atoms with E-state index in [1.54, 1.807) is 6.92 Å². The maximum absolute atomic E-state index is 12.4. The van der Waals surface area contributed by atoms with Crippen molar-refractivity contribution in [1.82, 2.24) is 5.32 Å². The second-order valence-corrected chi connectivity index (χ2v) is 8.15. The average Bonchev–Trinajstić information content (AvgIpc) is 2.59. The second-order valence-electron chi connectivity index (χ2n) is 6.25. The number of aryl methyl sites for hydroxylation is 1. The van der Waals surface area contributed by atoms with E-state index in [2.05, 4.69) is 5.32 Å². The highest BCUT2D eigenvalue weighted by molar-refractivity contribution is 7.92. The molecule has 1 N–H and O–H groups in total. The third kappa shape index (κ3) is 5.52. The van der Waals surface area contributed by atoms with Crippen molar-refractivity contribution >= 4 is 27.3 Å². The van der Waals surface area contributed by atoms with E-state index < -0.39 is 27.4 Å². The summed E-state index contributed by atoms with van der Waals surface area (Å²) in [5.74, 6) is -0.514. The van der Waals surface area contributed by atoms with Crippen LogP contribution in [0.2, 0.25) is 0 Å². The molecule has 0 spiro atoms. The lowest BCUT2D eigenvalue weighted by Crippen LogP contribution is -2.41. The Morgan fingerprint density at radius 1 is 1.22 bits per heavy atom. The average molecular weight is 391 g/mol. The minimum absolute atomic E-state index is 0.0600. The summed E-state index contributed by atoms with van der Waals surface area (Å²) in [5.41, 5.74) is 1.78. The maximum atomic E-state index is 12.4. The fourth-order valence-corrected chi connectivity index (χ4v) is 3.37. The summed E-state index contributed by atoms with van der Waals surface area (Å²) in [4.78, 5) is 22.7. The van der Waals surface area contributed by atoms with E-state index in [9.17, 15) is 23.3 Å². The molecule has 8 nitrogen and oxygen atoms in total. The molecule has 0 aliphatic carbocycles. The number of hydrogen-bond acceptors (Lipinski definition) is 5. The van der Waals surface area contributed by atoms with Crippen molar-refractivity contribution in [3.8, 4) is 0 Å². The molecular formula is C18H21N3O5S. The highest BCUT2D eigenvalue weighted by atomic mass is 32.2. The zero-order chi connectivity index (χ0) is 20.2. The van der Waals surface area contributed by atoms with Crippen LogP contribution >= 0.6 is 0 Å². The predicted molar refractivity (Wildman–Crippen MR) is 103 cm³/mol. The number of carbonyl (C=O) groups excluding carboxylic acids is 1. The van der Waals surface area contributed by atoms with E-state index in [0.29, 0.717) is 0 Å². The molecule has 0 heterocycles. The summed E-state index contributed by atoms with van der Waals surface area (Å²) in [6.45, 7) is 3.27. The number of non-ortho nitro benzene ring substituents is 1. The van der Waals surface area contributed by atoms with Gasteiger partial charge in [0.1, 0.15) is 6.54 Å². The second kappa shape index (κ2) is 8.17. The molecule has 0 aliphatic rings. The van der Waals surface area contributed by atoms with Crippen LogP contribution in [-0.4, -0.2) is 32.0 Å². The standard InChI is InChI=1S/C18H21N3O5S/c1-13-7-9-15(10-8-13)14(2)19-18(22)12-20(27(3,25)26)16-5-4-6-17(11-16)21(23)24/h4-11,14H,12H2,1-3H3,(H,19,22)/t14-/m1/s1. The molecular weight excluding hydrogens is 370 g/mol. The van der Waals surface area contributed by atoms with Gasteiger partial charge in [-0.25, -0.2) is 8.42 Å². The summed E-state index contributed by atoms with van der Waals surface area (Å²) in [6, 6.07) is 12.5. The topological polar surface area (TPSA) is 110 Å². The Hall–Kier alpha value is -2.94. The third-order valence-corrected chi connectivity index (χ3v) is 5.11. The number of nitrogens with zero attached hydrogens (tertiary/aromatic N) is 2. The number of carbonyl (C=O) groups is 1. The highest BCUT2D eigenvalue weighted by Crippen LogP contribution is 2.23. The minimum Gasteiger partial charge on any atom is -0.348 e.